The van der Waals surface area contributed by atoms with Crippen molar-refractivity contribution in [3.8, 4) is 17.2 Å². The Morgan fingerprint density at radius 1 is 1.16 bits per heavy atom. The van der Waals surface area contributed by atoms with Gasteiger partial charge in [0.05, 0.1) is 26.5 Å². The maximum Gasteiger partial charge on any atom is 0.422 e. The van der Waals surface area contributed by atoms with E-state index in [1.807, 2.05) is 29.2 Å². The molecule has 4 N–H and O–H groups in total. The lowest BCUT2D eigenvalue weighted by Gasteiger charge is -2.36. The molecule has 0 spiro atoms. The molecule has 1 aliphatic rings. The van der Waals surface area contributed by atoms with E-state index < -0.39 is 12.8 Å². The smallest absolute Gasteiger partial charge is 0.422 e. The van der Waals surface area contributed by atoms with Gasteiger partial charge in [-0.3, -0.25) is 0 Å². The standard InChI is InChI=1S/C22H26F3N3O4/c1-29-15-5-3-14(4-6-15)21-12-28(7-8-31-21)18(11-26)16-9-20(32-13-22(23,24)25)19(30-2)10-17(16)27/h3-6,9-11,21H,7-8,12-13,26-27H2,1-2H3/b18-11+. The lowest BCUT2D eigenvalue weighted by molar-refractivity contribution is -0.153. The van der Waals surface area contributed by atoms with Crippen LogP contribution in [0.5, 0.6) is 17.2 Å². The number of nitrogens with zero attached hydrogens (tertiary/aromatic N) is 1. The lowest BCUT2D eigenvalue weighted by atomic mass is 10.0. The van der Waals surface area contributed by atoms with Crippen molar-refractivity contribution < 1.29 is 32.1 Å². The third-order valence-electron chi connectivity index (χ3n) is 5.06. The van der Waals surface area contributed by atoms with Gasteiger partial charge >= 0.3 is 6.18 Å². The summed E-state index contributed by atoms with van der Waals surface area (Å²) in [5, 5.41) is 0. The Labute approximate surface area is 184 Å². The number of halogens is 3. The van der Waals surface area contributed by atoms with Crippen LogP contribution in [0.15, 0.2) is 42.6 Å². The van der Waals surface area contributed by atoms with Gasteiger partial charge in [-0.15, -0.1) is 0 Å². The molecule has 0 amide bonds. The lowest BCUT2D eigenvalue weighted by Crippen LogP contribution is -2.37. The Hall–Kier alpha value is -3.27. The van der Waals surface area contributed by atoms with Crippen LogP contribution in [0.3, 0.4) is 0 Å². The largest absolute Gasteiger partial charge is 0.497 e. The van der Waals surface area contributed by atoms with Crippen LogP contribution in [0.25, 0.3) is 5.70 Å². The number of nitrogens with two attached hydrogens (primary N) is 2. The van der Waals surface area contributed by atoms with Crippen LogP contribution in [-0.2, 0) is 4.74 Å². The van der Waals surface area contributed by atoms with E-state index in [1.165, 1.54) is 25.4 Å². The average Bonchev–Trinajstić information content (AvgIpc) is 2.79. The van der Waals surface area contributed by atoms with E-state index in [-0.39, 0.29) is 17.6 Å². The van der Waals surface area contributed by atoms with Crippen LogP contribution in [0.4, 0.5) is 18.9 Å². The zero-order valence-corrected chi connectivity index (χ0v) is 17.8. The number of morpholine rings is 1. The number of hydrogen-bond donors (Lipinski definition) is 2. The maximum absolute atomic E-state index is 12.7. The summed E-state index contributed by atoms with van der Waals surface area (Å²) in [5.74, 6) is 0.764. The number of benzene rings is 2. The summed E-state index contributed by atoms with van der Waals surface area (Å²) < 4.78 is 59.2. The molecule has 1 saturated heterocycles. The molecule has 0 saturated carbocycles. The highest BCUT2D eigenvalue weighted by Crippen LogP contribution is 2.38. The number of alkyl halides is 3. The van der Waals surface area contributed by atoms with E-state index in [0.29, 0.717) is 36.6 Å². The van der Waals surface area contributed by atoms with Crippen molar-refractivity contribution in [1.29, 1.82) is 0 Å². The normalized spacial score (nSPS) is 17.2. The van der Waals surface area contributed by atoms with Gasteiger partial charge < -0.3 is 35.3 Å². The van der Waals surface area contributed by atoms with Gasteiger partial charge in [0.25, 0.3) is 0 Å². The Morgan fingerprint density at radius 3 is 2.47 bits per heavy atom. The monoisotopic (exact) mass is 453 g/mol. The summed E-state index contributed by atoms with van der Waals surface area (Å²) in [6.07, 6.45) is -3.35. The molecule has 1 heterocycles. The van der Waals surface area contributed by atoms with Crippen molar-refractivity contribution in [2.75, 3.05) is 46.3 Å². The van der Waals surface area contributed by atoms with E-state index in [4.69, 9.17) is 30.4 Å². The van der Waals surface area contributed by atoms with E-state index in [2.05, 4.69) is 0 Å². The first-order valence-electron chi connectivity index (χ1n) is 9.85. The summed E-state index contributed by atoms with van der Waals surface area (Å²) in [6, 6.07) is 10.4. The van der Waals surface area contributed by atoms with E-state index in [0.717, 1.165) is 11.3 Å². The average molecular weight is 453 g/mol. The number of methoxy groups -OCH3 is 2. The van der Waals surface area contributed by atoms with Gasteiger partial charge in [-0.05, 0) is 23.8 Å². The van der Waals surface area contributed by atoms with Crippen LogP contribution in [0.1, 0.15) is 17.2 Å². The minimum absolute atomic E-state index is 0.0756. The Kier molecular flexibility index (Phi) is 7.24. The van der Waals surface area contributed by atoms with Gasteiger partial charge in [-0.1, -0.05) is 12.1 Å². The summed E-state index contributed by atoms with van der Waals surface area (Å²) in [6.45, 7) is -0.0213. The second-order valence-electron chi connectivity index (χ2n) is 7.12. The molecule has 7 nitrogen and oxygen atoms in total. The molecule has 174 valence electrons. The summed E-state index contributed by atoms with van der Waals surface area (Å²) in [5.41, 5.74) is 14.4. The summed E-state index contributed by atoms with van der Waals surface area (Å²) in [7, 11) is 2.92. The van der Waals surface area contributed by atoms with Crippen molar-refractivity contribution in [2.24, 2.45) is 5.73 Å². The number of rotatable bonds is 7. The first-order valence-corrected chi connectivity index (χ1v) is 9.85. The van der Waals surface area contributed by atoms with Crippen LogP contribution in [0.2, 0.25) is 0 Å². The maximum atomic E-state index is 12.7. The fourth-order valence-corrected chi connectivity index (χ4v) is 3.48. The van der Waals surface area contributed by atoms with E-state index >= 15 is 0 Å². The van der Waals surface area contributed by atoms with Crippen LogP contribution in [0, 0.1) is 0 Å². The third kappa shape index (κ3) is 5.50. The second kappa shape index (κ2) is 9.90. The summed E-state index contributed by atoms with van der Waals surface area (Å²) >= 11 is 0. The van der Waals surface area contributed by atoms with Crippen molar-refractivity contribution >= 4 is 11.4 Å². The predicted octanol–water partition coefficient (Wildman–Crippen LogP) is 3.56. The molecule has 1 fully saturated rings. The zero-order chi connectivity index (χ0) is 23.3. The molecule has 0 aliphatic carbocycles. The topological polar surface area (TPSA) is 92.2 Å². The van der Waals surface area contributed by atoms with Crippen LogP contribution in [-0.4, -0.2) is 51.6 Å². The molecule has 1 unspecified atom stereocenters. The highest BCUT2D eigenvalue weighted by molar-refractivity contribution is 5.77. The number of nitrogen functional groups attached to an aromatic ring is 1. The van der Waals surface area contributed by atoms with E-state index in [9.17, 15) is 13.2 Å². The van der Waals surface area contributed by atoms with Crippen molar-refractivity contribution in [2.45, 2.75) is 12.3 Å². The highest BCUT2D eigenvalue weighted by Gasteiger charge is 2.30. The molecule has 32 heavy (non-hydrogen) atoms. The molecule has 0 bridgehead atoms. The van der Waals surface area contributed by atoms with Gasteiger partial charge in [-0.25, -0.2) is 0 Å². The molecule has 0 radical (unpaired) electrons. The zero-order valence-electron chi connectivity index (χ0n) is 17.8. The van der Waals surface area contributed by atoms with Gasteiger partial charge in [-0.2, -0.15) is 13.2 Å². The molecule has 2 aromatic rings. The second-order valence-corrected chi connectivity index (χ2v) is 7.12. The van der Waals surface area contributed by atoms with Crippen molar-refractivity contribution in [3.63, 3.8) is 0 Å². The molecule has 2 aromatic carbocycles. The Morgan fingerprint density at radius 2 is 1.88 bits per heavy atom. The van der Waals surface area contributed by atoms with Gasteiger partial charge in [0.15, 0.2) is 18.1 Å². The quantitative estimate of drug-likeness (QED) is 0.620. The molecular formula is C22H26F3N3O4. The third-order valence-corrected chi connectivity index (χ3v) is 5.06. The molecule has 1 atom stereocenters. The van der Waals surface area contributed by atoms with Gasteiger partial charge in [0.1, 0.15) is 11.9 Å². The number of hydrogen-bond acceptors (Lipinski definition) is 7. The number of ether oxygens (including phenoxy) is 4. The van der Waals surface area contributed by atoms with Crippen LogP contribution < -0.4 is 25.7 Å². The fraction of sp³-hybridized carbons (Fsp3) is 0.364. The first kappa shape index (κ1) is 23.4. The van der Waals surface area contributed by atoms with E-state index in [1.54, 1.807) is 7.11 Å². The minimum atomic E-state index is -4.49. The molecule has 10 heteroatoms. The molecule has 1 aliphatic heterocycles. The summed E-state index contributed by atoms with van der Waals surface area (Å²) in [4.78, 5) is 1.98. The van der Waals surface area contributed by atoms with Gasteiger partial charge in [0, 0.05) is 36.6 Å². The predicted molar refractivity (Wildman–Crippen MR) is 114 cm³/mol. The van der Waals surface area contributed by atoms with Crippen LogP contribution >= 0.6 is 0 Å². The molecule has 3 rings (SSSR count). The van der Waals surface area contributed by atoms with Crippen molar-refractivity contribution in [3.05, 3.63) is 53.7 Å². The number of anilines is 1. The van der Waals surface area contributed by atoms with Gasteiger partial charge in [0.2, 0.25) is 0 Å². The first-order chi connectivity index (χ1) is 15.3. The highest BCUT2D eigenvalue weighted by atomic mass is 19.4. The Balaban J connectivity index is 1.86. The SMILES string of the molecule is COc1ccc(C2CN(/C(=C/N)c3cc(OCC(F)(F)F)c(OC)cc3N)CCO2)cc1. The van der Waals surface area contributed by atoms with Crippen molar-refractivity contribution in [1.82, 2.24) is 4.90 Å². The Bertz CT molecular complexity index is 949. The molecular weight excluding hydrogens is 427 g/mol. The molecule has 0 aromatic heterocycles. The minimum Gasteiger partial charge on any atom is -0.497 e. The fourth-order valence-electron chi connectivity index (χ4n) is 3.48.